The second-order valence-corrected chi connectivity index (χ2v) is 4.27. The summed E-state index contributed by atoms with van der Waals surface area (Å²) in [6, 6.07) is 0.463. The molecule has 1 heterocycles. The fraction of sp³-hybridized carbons (Fsp3) is 0.900. The zero-order valence-corrected chi connectivity index (χ0v) is 8.25. The van der Waals surface area contributed by atoms with Gasteiger partial charge in [-0.2, -0.15) is 0 Å². The molecule has 0 aromatic heterocycles. The van der Waals surface area contributed by atoms with Crippen LogP contribution in [0.2, 0.25) is 0 Å². The minimum absolute atomic E-state index is 0.380. The molecule has 1 N–H and O–H groups in total. The van der Waals surface area contributed by atoms with Crippen LogP contribution in [0.1, 0.15) is 26.2 Å². The predicted molar refractivity (Wildman–Crippen MR) is 51.4 cm³/mol. The molecule has 1 saturated carbocycles. The molecule has 1 amide bonds. The number of carbonyl (C=O) groups is 1. The molecule has 0 radical (unpaired) electrons. The summed E-state index contributed by atoms with van der Waals surface area (Å²) < 4.78 is 0. The molecule has 1 aliphatic heterocycles. The van der Waals surface area contributed by atoms with Crippen molar-refractivity contribution in [2.75, 3.05) is 19.6 Å². The maximum Gasteiger partial charge on any atom is 0.225 e. The first-order valence-electron chi connectivity index (χ1n) is 5.29. The van der Waals surface area contributed by atoms with E-state index in [1.807, 2.05) is 4.90 Å². The molecule has 0 aromatic rings. The largest absolute Gasteiger partial charge is 0.341 e. The van der Waals surface area contributed by atoms with E-state index in [1.165, 1.54) is 0 Å². The van der Waals surface area contributed by atoms with Crippen molar-refractivity contribution < 1.29 is 4.79 Å². The summed E-state index contributed by atoms with van der Waals surface area (Å²) in [5.74, 6) is 0.779. The lowest BCUT2D eigenvalue weighted by Gasteiger charge is -2.22. The Morgan fingerprint density at radius 1 is 1.46 bits per heavy atom. The van der Waals surface area contributed by atoms with Crippen LogP contribution in [0.3, 0.4) is 0 Å². The fourth-order valence-corrected chi connectivity index (χ4v) is 1.89. The molecule has 1 saturated heterocycles. The molecule has 0 spiro atoms. The van der Waals surface area contributed by atoms with Crippen molar-refractivity contribution in [1.82, 2.24) is 10.2 Å². The summed E-state index contributed by atoms with van der Waals surface area (Å²) in [6.07, 6.45) is 3.34. The van der Waals surface area contributed by atoms with Crippen LogP contribution in [-0.4, -0.2) is 36.5 Å². The van der Waals surface area contributed by atoms with Gasteiger partial charge >= 0.3 is 0 Å². The lowest BCUT2D eigenvalue weighted by atomic mass is 10.3. The van der Waals surface area contributed by atoms with E-state index >= 15 is 0 Å². The van der Waals surface area contributed by atoms with Crippen LogP contribution in [0.15, 0.2) is 0 Å². The summed E-state index contributed by atoms with van der Waals surface area (Å²) in [6.45, 7) is 5.05. The van der Waals surface area contributed by atoms with Crippen LogP contribution in [-0.2, 0) is 4.79 Å². The molecule has 74 valence electrons. The lowest BCUT2D eigenvalue weighted by Crippen LogP contribution is -2.39. The third-order valence-electron chi connectivity index (χ3n) is 2.83. The number of amides is 1. The molecule has 2 rings (SSSR count). The molecule has 2 fully saturated rings. The van der Waals surface area contributed by atoms with Crippen LogP contribution < -0.4 is 5.32 Å². The Hall–Kier alpha value is -0.570. The Labute approximate surface area is 79.5 Å². The summed E-state index contributed by atoms with van der Waals surface area (Å²) >= 11 is 0. The predicted octanol–water partition coefficient (Wildman–Crippen LogP) is 0.607. The van der Waals surface area contributed by atoms with Crippen LogP contribution in [0, 0.1) is 5.92 Å². The Bertz CT molecular complexity index is 201. The number of hydrogen-bond donors (Lipinski definition) is 1. The first-order valence-corrected chi connectivity index (χ1v) is 5.29. The van der Waals surface area contributed by atoms with Gasteiger partial charge < -0.3 is 10.2 Å². The van der Waals surface area contributed by atoms with Crippen molar-refractivity contribution in [2.45, 2.75) is 32.2 Å². The van der Waals surface area contributed by atoms with Gasteiger partial charge in [-0.3, -0.25) is 4.79 Å². The second kappa shape index (κ2) is 3.66. The SMILES string of the molecule is CC1CN(C(=O)C2CC2)CCCN1. The monoisotopic (exact) mass is 182 g/mol. The van der Waals surface area contributed by atoms with Gasteiger partial charge in [-0.05, 0) is 32.7 Å². The van der Waals surface area contributed by atoms with E-state index in [0.717, 1.165) is 38.9 Å². The van der Waals surface area contributed by atoms with E-state index in [0.29, 0.717) is 17.9 Å². The summed E-state index contributed by atoms with van der Waals surface area (Å²) in [5, 5.41) is 3.39. The molecule has 1 unspecified atom stereocenters. The smallest absolute Gasteiger partial charge is 0.225 e. The van der Waals surface area contributed by atoms with Crippen molar-refractivity contribution in [2.24, 2.45) is 5.92 Å². The molecule has 1 atom stereocenters. The van der Waals surface area contributed by atoms with Gasteiger partial charge in [-0.15, -0.1) is 0 Å². The zero-order chi connectivity index (χ0) is 9.26. The van der Waals surface area contributed by atoms with E-state index < -0.39 is 0 Å². The van der Waals surface area contributed by atoms with Crippen molar-refractivity contribution in [1.29, 1.82) is 0 Å². The Morgan fingerprint density at radius 3 is 2.92 bits per heavy atom. The van der Waals surface area contributed by atoms with E-state index in [-0.39, 0.29) is 0 Å². The third-order valence-corrected chi connectivity index (χ3v) is 2.83. The fourth-order valence-electron chi connectivity index (χ4n) is 1.89. The molecular formula is C10H18N2O. The quantitative estimate of drug-likeness (QED) is 0.644. The number of nitrogens with one attached hydrogen (secondary N) is 1. The van der Waals surface area contributed by atoms with Gasteiger partial charge in [-0.25, -0.2) is 0 Å². The van der Waals surface area contributed by atoms with E-state index in [9.17, 15) is 4.79 Å². The Kier molecular flexibility index (Phi) is 2.54. The first-order chi connectivity index (χ1) is 6.27. The second-order valence-electron chi connectivity index (χ2n) is 4.27. The van der Waals surface area contributed by atoms with Gasteiger partial charge in [0.1, 0.15) is 0 Å². The highest BCUT2D eigenvalue weighted by Gasteiger charge is 2.33. The van der Waals surface area contributed by atoms with Gasteiger partial charge in [-0.1, -0.05) is 0 Å². The van der Waals surface area contributed by atoms with Crippen LogP contribution in [0.5, 0.6) is 0 Å². The molecule has 2 aliphatic rings. The highest BCUT2D eigenvalue weighted by Crippen LogP contribution is 2.31. The van der Waals surface area contributed by atoms with Crippen molar-refractivity contribution >= 4 is 5.91 Å². The lowest BCUT2D eigenvalue weighted by molar-refractivity contribution is -0.132. The highest BCUT2D eigenvalue weighted by atomic mass is 16.2. The summed E-state index contributed by atoms with van der Waals surface area (Å²) in [5.41, 5.74) is 0. The maximum absolute atomic E-state index is 11.8. The average molecular weight is 182 g/mol. The highest BCUT2D eigenvalue weighted by molar-refractivity contribution is 5.81. The minimum Gasteiger partial charge on any atom is -0.341 e. The van der Waals surface area contributed by atoms with Crippen molar-refractivity contribution in [3.8, 4) is 0 Å². The topological polar surface area (TPSA) is 32.3 Å². The van der Waals surface area contributed by atoms with Gasteiger partial charge in [0.25, 0.3) is 0 Å². The first kappa shape index (κ1) is 9.00. The number of rotatable bonds is 1. The number of carbonyl (C=O) groups excluding carboxylic acids is 1. The summed E-state index contributed by atoms with van der Waals surface area (Å²) in [7, 11) is 0. The van der Waals surface area contributed by atoms with Gasteiger partial charge in [0.2, 0.25) is 5.91 Å². The molecular weight excluding hydrogens is 164 g/mol. The third kappa shape index (κ3) is 2.21. The van der Waals surface area contributed by atoms with Crippen molar-refractivity contribution in [3.05, 3.63) is 0 Å². The normalized spacial score (nSPS) is 29.9. The van der Waals surface area contributed by atoms with E-state index in [4.69, 9.17) is 0 Å². The molecule has 3 heteroatoms. The molecule has 1 aliphatic carbocycles. The Balaban J connectivity index is 1.91. The molecule has 0 bridgehead atoms. The van der Waals surface area contributed by atoms with Crippen molar-refractivity contribution in [3.63, 3.8) is 0 Å². The summed E-state index contributed by atoms with van der Waals surface area (Å²) in [4.78, 5) is 13.8. The zero-order valence-electron chi connectivity index (χ0n) is 8.25. The van der Waals surface area contributed by atoms with Crippen LogP contribution in [0.4, 0.5) is 0 Å². The van der Waals surface area contributed by atoms with Crippen LogP contribution >= 0.6 is 0 Å². The minimum atomic E-state index is 0.380. The van der Waals surface area contributed by atoms with E-state index in [1.54, 1.807) is 0 Å². The van der Waals surface area contributed by atoms with Gasteiger partial charge in [0.05, 0.1) is 0 Å². The average Bonchev–Trinajstić information content (AvgIpc) is 2.88. The van der Waals surface area contributed by atoms with Gasteiger partial charge in [0.15, 0.2) is 0 Å². The number of nitrogens with zero attached hydrogens (tertiary/aromatic N) is 1. The number of hydrogen-bond acceptors (Lipinski definition) is 2. The van der Waals surface area contributed by atoms with E-state index in [2.05, 4.69) is 12.2 Å². The molecule has 0 aromatic carbocycles. The standard InChI is InChI=1S/C10H18N2O/c1-8-7-12(6-2-5-11-8)10(13)9-3-4-9/h8-9,11H,2-7H2,1H3. The van der Waals surface area contributed by atoms with Gasteiger partial charge in [0, 0.05) is 25.0 Å². The molecule has 3 nitrogen and oxygen atoms in total. The maximum atomic E-state index is 11.8. The van der Waals surface area contributed by atoms with Crippen LogP contribution in [0.25, 0.3) is 0 Å². The Morgan fingerprint density at radius 2 is 2.23 bits per heavy atom. The molecule has 13 heavy (non-hydrogen) atoms.